The van der Waals surface area contributed by atoms with Gasteiger partial charge in [0.2, 0.25) is 0 Å². The summed E-state index contributed by atoms with van der Waals surface area (Å²) >= 11 is 0. The van der Waals surface area contributed by atoms with Crippen LogP contribution in [-0.4, -0.2) is 36.1 Å². The molecule has 0 saturated carbocycles. The van der Waals surface area contributed by atoms with Crippen molar-refractivity contribution < 1.29 is 13.9 Å². The second kappa shape index (κ2) is 5.70. The SMILES string of the molecule is CCC1COC(C)CN1C(=O)c1cc(C)ccc1F. The molecule has 1 aromatic carbocycles. The first-order chi connectivity index (χ1) is 9.02. The normalized spacial score (nSPS) is 23.5. The zero-order chi connectivity index (χ0) is 14.0. The lowest BCUT2D eigenvalue weighted by Crippen LogP contribution is -2.51. The molecule has 1 fully saturated rings. The number of hydrogen-bond donors (Lipinski definition) is 0. The topological polar surface area (TPSA) is 29.5 Å². The second-order valence-electron chi connectivity index (χ2n) is 5.15. The highest BCUT2D eigenvalue weighted by molar-refractivity contribution is 5.95. The van der Waals surface area contributed by atoms with Gasteiger partial charge in [0.05, 0.1) is 24.3 Å². The maximum absolute atomic E-state index is 13.8. The van der Waals surface area contributed by atoms with E-state index in [9.17, 15) is 9.18 Å². The van der Waals surface area contributed by atoms with Gasteiger partial charge < -0.3 is 9.64 Å². The molecule has 0 aliphatic carbocycles. The Morgan fingerprint density at radius 3 is 2.95 bits per heavy atom. The smallest absolute Gasteiger partial charge is 0.257 e. The van der Waals surface area contributed by atoms with E-state index >= 15 is 0 Å². The minimum Gasteiger partial charge on any atom is -0.375 e. The molecule has 0 aromatic heterocycles. The molecule has 4 heteroatoms. The van der Waals surface area contributed by atoms with Gasteiger partial charge in [-0.2, -0.15) is 0 Å². The van der Waals surface area contributed by atoms with E-state index in [0.29, 0.717) is 13.2 Å². The molecule has 0 N–H and O–H groups in total. The summed E-state index contributed by atoms with van der Waals surface area (Å²) in [6, 6.07) is 4.67. The third-order valence-corrected chi connectivity index (χ3v) is 3.55. The van der Waals surface area contributed by atoms with Crippen molar-refractivity contribution >= 4 is 5.91 Å². The van der Waals surface area contributed by atoms with Crippen LogP contribution in [0.3, 0.4) is 0 Å². The molecular formula is C15H20FNO2. The molecule has 0 bridgehead atoms. The van der Waals surface area contributed by atoms with Gasteiger partial charge in [-0.05, 0) is 32.4 Å². The monoisotopic (exact) mass is 265 g/mol. The van der Waals surface area contributed by atoms with E-state index in [2.05, 4.69) is 0 Å². The van der Waals surface area contributed by atoms with Crippen LogP contribution in [0.25, 0.3) is 0 Å². The fraction of sp³-hybridized carbons (Fsp3) is 0.533. The number of rotatable bonds is 2. The molecule has 0 radical (unpaired) electrons. The van der Waals surface area contributed by atoms with Crippen molar-refractivity contribution in [3.8, 4) is 0 Å². The van der Waals surface area contributed by atoms with Crippen LogP contribution in [0, 0.1) is 12.7 Å². The quantitative estimate of drug-likeness (QED) is 0.823. The van der Waals surface area contributed by atoms with Crippen molar-refractivity contribution in [1.82, 2.24) is 4.90 Å². The zero-order valence-corrected chi connectivity index (χ0v) is 11.6. The van der Waals surface area contributed by atoms with Gasteiger partial charge in [0.1, 0.15) is 5.82 Å². The number of hydrogen-bond acceptors (Lipinski definition) is 2. The Morgan fingerprint density at radius 2 is 2.26 bits per heavy atom. The van der Waals surface area contributed by atoms with E-state index in [1.54, 1.807) is 17.0 Å². The summed E-state index contributed by atoms with van der Waals surface area (Å²) in [4.78, 5) is 14.3. The van der Waals surface area contributed by atoms with Crippen molar-refractivity contribution in [1.29, 1.82) is 0 Å². The first-order valence-electron chi connectivity index (χ1n) is 6.71. The number of halogens is 1. The average Bonchev–Trinajstić information content (AvgIpc) is 2.40. The van der Waals surface area contributed by atoms with Gasteiger partial charge in [0.15, 0.2) is 0 Å². The summed E-state index contributed by atoms with van der Waals surface area (Å²) in [5.74, 6) is -0.687. The molecule has 1 aromatic rings. The van der Waals surface area contributed by atoms with Gasteiger partial charge in [0.25, 0.3) is 5.91 Å². The molecule has 1 amide bonds. The van der Waals surface area contributed by atoms with Crippen LogP contribution >= 0.6 is 0 Å². The molecule has 1 aliphatic heterocycles. The number of benzene rings is 1. The predicted octanol–water partition coefficient (Wildman–Crippen LogP) is 2.77. The van der Waals surface area contributed by atoms with Gasteiger partial charge in [-0.1, -0.05) is 18.6 Å². The molecule has 1 saturated heterocycles. The maximum Gasteiger partial charge on any atom is 0.257 e. The Kier molecular flexibility index (Phi) is 4.20. The number of carbonyl (C=O) groups is 1. The average molecular weight is 265 g/mol. The van der Waals surface area contributed by atoms with E-state index < -0.39 is 5.82 Å². The van der Waals surface area contributed by atoms with Crippen LogP contribution in [0.15, 0.2) is 18.2 Å². The van der Waals surface area contributed by atoms with Crippen molar-refractivity contribution in [3.63, 3.8) is 0 Å². The number of carbonyl (C=O) groups excluding carboxylic acids is 1. The van der Waals surface area contributed by atoms with Crippen LogP contribution < -0.4 is 0 Å². The Morgan fingerprint density at radius 1 is 1.53 bits per heavy atom. The Balaban J connectivity index is 2.28. The van der Waals surface area contributed by atoms with Crippen molar-refractivity contribution in [2.75, 3.05) is 13.2 Å². The third-order valence-electron chi connectivity index (χ3n) is 3.55. The van der Waals surface area contributed by atoms with Gasteiger partial charge >= 0.3 is 0 Å². The van der Waals surface area contributed by atoms with E-state index in [0.717, 1.165) is 12.0 Å². The van der Waals surface area contributed by atoms with Crippen LogP contribution in [0.4, 0.5) is 4.39 Å². The predicted molar refractivity (Wildman–Crippen MR) is 71.7 cm³/mol. The van der Waals surface area contributed by atoms with Crippen molar-refractivity contribution in [2.45, 2.75) is 39.3 Å². The summed E-state index contributed by atoms with van der Waals surface area (Å²) in [5, 5.41) is 0. The first-order valence-corrected chi connectivity index (χ1v) is 6.71. The van der Waals surface area contributed by atoms with Crippen LogP contribution in [-0.2, 0) is 4.74 Å². The highest BCUT2D eigenvalue weighted by Gasteiger charge is 2.31. The fourth-order valence-corrected chi connectivity index (χ4v) is 2.39. The van der Waals surface area contributed by atoms with E-state index in [1.807, 2.05) is 20.8 Å². The molecule has 2 rings (SSSR count). The molecule has 0 spiro atoms. The molecular weight excluding hydrogens is 245 g/mol. The van der Waals surface area contributed by atoms with Gasteiger partial charge in [-0.25, -0.2) is 4.39 Å². The molecule has 104 valence electrons. The number of ether oxygens (including phenoxy) is 1. The number of aryl methyl sites for hydroxylation is 1. The van der Waals surface area contributed by atoms with Crippen LogP contribution in [0.1, 0.15) is 36.2 Å². The lowest BCUT2D eigenvalue weighted by molar-refractivity contribution is -0.0445. The lowest BCUT2D eigenvalue weighted by atomic mass is 10.1. The zero-order valence-electron chi connectivity index (χ0n) is 11.6. The molecule has 2 atom stereocenters. The van der Waals surface area contributed by atoms with Gasteiger partial charge in [-0.3, -0.25) is 4.79 Å². The molecule has 1 aliphatic rings. The lowest BCUT2D eigenvalue weighted by Gasteiger charge is -2.38. The minimum absolute atomic E-state index is 0.000351. The molecule has 19 heavy (non-hydrogen) atoms. The highest BCUT2D eigenvalue weighted by Crippen LogP contribution is 2.20. The molecule has 1 heterocycles. The number of morpholine rings is 1. The number of nitrogens with zero attached hydrogens (tertiary/aromatic N) is 1. The fourth-order valence-electron chi connectivity index (χ4n) is 2.39. The van der Waals surface area contributed by atoms with Gasteiger partial charge in [0, 0.05) is 6.54 Å². The van der Waals surface area contributed by atoms with Gasteiger partial charge in [-0.15, -0.1) is 0 Å². The molecule has 2 unspecified atom stereocenters. The highest BCUT2D eigenvalue weighted by atomic mass is 19.1. The van der Waals surface area contributed by atoms with Crippen LogP contribution in [0.2, 0.25) is 0 Å². The Bertz CT molecular complexity index is 475. The summed E-state index contributed by atoms with van der Waals surface area (Å²) in [5.41, 5.74) is 1.05. The van der Waals surface area contributed by atoms with Crippen LogP contribution in [0.5, 0.6) is 0 Å². The second-order valence-corrected chi connectivity index (χ2v) is 5.15. The van der Waals surface area contributed by atoms with E-state index in [4.69, 9.17) is 4.74 Å². The Labute approximate surface area is 113 Å². The first kappa shape index (κ1) is 14.0. The summed E-state index contributed by atoms with van der Waals surface area (Å²) in [6.45, 7) is 6.84. The summed E-state index contributed by atoms with van der Waals surface area (Å²) in [7, 11) is 0. The summed E-state index contributed by atoms with van der Waals surface area (Å²) < 4.78 is 19.4. The standard InChI is InChI=1S/C15H20FNO2/c1-4-12-9-19-11(3)8-17(12)15(18)13-7-10(2)5-6-14(13)16/h5-7,11-12H,4,8-9H2,1-3H3. The Hall–Kier alpha value is -1.42. The number of amides is 1. The summed E-state index contributed by atoms with van der Waals surface area (Å²) in [6.07, 6.45) is 0.811. The largest absolute Gasteiger partial charge is 0.375 e. The third kappa shape index (κ3) is 2.95. The van der Waals surface area contributed by atoms with E-state index in [1.165, 1.54) is 6.07 Å². The van der Waals surface area contributed by atoms with Crippen molar-refractivity contribution in [3.05, 3.63) is 35.1 Å². The maximum atomic E-state index is 13.8. The van der Waals surface area contributed by atoms with Crippen molar-refractivity contribution in [2.24, 2.45) is 0 Å². The molecule has 3 nitrogen and oxygen atoms in total. The minimum atomic E-state index is -0.454. The van der Waals surface area contributed by atoms with E-state index in [-0.39, 0.29) is 23.6 Å².